The van der Waals surface area contributed by atoms with E-state index in [1.165, 1.54) is 4.88 Å². The molecule has 0 bridgehead atoms. The predicted octanol–water partition coefficient (Wildman–Crippen LogP) is 4.10. The lowest BCUT2D eigenvalue weighted by atomic mass is 10.1. The molecular weight excluding hydrogens is 416 g/mol. The Kier molecular flexibility index (Phi) is 7.95. The first-order valence-electron chi connectivity index (χ1n) is 10.2. The minimum atomic E-state index is -0.0598. The zero-order chi connectivity index (χ0) is 21.5. The van der Waals surface area contributed by atoms with E-state index in [1.807, 2.05) is 38.4 Å². The Hall–Kier alpha value is -2.29. The number of hydrogen-bond donors (Lipinski definition) is 2. The molecule has 6 nitrogen and oxygen atoms in total. The van der Waals surface area contributed by atoms with Crippen LogP contribution in [0.4, 0.5) is 0 Å². The minimum Gasteiger partial charge on any atom is -0.354 e. The zero-order valence-electron chi connectivity index (χ0n) is 17.4. The highest BCUT2D eigenvalue weighted by Gasteiger charge is 2.16. The quantitative estimate of drug-likeness (QED) is 0.365. The van der Waals surface area contributed by atoms with Gasteiger partial charge in [-0.1, -0.05) is 24.6 Å². The molecule has 1 unspecified atom stereocenters. The number of benzene rings is 1. The van der Waals surface area contributed by atoms with E-state index in [2.05, 4.69) is 26.6 Å². The number of unbranched alkanes of at least 4 members (excludes halogenated alkanes) is 2. The van der Waals surface area contributed by atoms with Crippen LogP contribution >= 0.6 is 23.6 Å². The molecule has 8 heteroatoms. The lowest BCUT2D eigenvalue weighted by Gasteiger charge is -2.23. The predicted molar refractivity (Wildman–Crippen MR) is 126 cm³/mol. The number of nitrogens with one attached hydrogen (secondary N) is 2. The number of para-hydroxylation sites is 1. The second kappa shape index (κ2) is 10.7. The third-order valence-corrected chi connectivity index (χ3v) is 6.46. The fourth-order valence-corrected chi connectivity index (χ4v) is 4.66. The molecule has 0 radical (unpaired) electrons. The van der Waals surface area contributed by atoms with Crippen LogP contribution in [0, 0.1) is 4.77 Å². The number of rotatable bonds is 10. The van der Waals surface area contributed by atoms with Crippen LogP contribution in [0.5, 0.6) is 0 Å². The third kappa shape index (κ3) is 5.65. The summed E-state index contributed by atoms with van der Waals surface area (Å²) in [5.41, 5.74) is 0.703. The fourth-order valence-electron chi connectivity index (χ4n) is 3.45. The summed E-state index contributed by atoms with van der Waals surface area (Å²) in [7, 11) is 4.05. The van der Waals surface area contributed by atoms with Crippen molar-refractivity contribution in [2.24, 2.45) is 0 Å². The van der Waals surface area contributed by atoms with E-state index in [0.29, 0.717) is 29.7 Å². The summed E-state index contributed by atoms with van der Waals surface area (Å²) < 4.78 is 2.06. The topological polar surface area (TPSA) is 70.1 Å². The largest absolute Gasteiger partial charge is 0.354 e. The zero-order valence-corrected chi connectivity index (χ0v) is 19.0. The van der Waals surface area contributed by atoms with Crippen molar-refractivity contribution in [3.8, 4) is 0 Å². The van der Waals surface area contributed by atoms with Crippen LogP contribution in [0.1, 0.15) is 36.6 Å². The van der Waals surface area contributed by atoms with Gasteiger partial charge in [-0.25, -0.2) is 0 Å². The molecule has 30 heavy (non-hydrogen) atoms. The first-order chi connectivity index (χ1) is 14.5. The smallest absolute Gasteiger partial charge is 0.262 e. The molecule has 0 aliphatic carbocycles. The van der Waals surface area contributed by atoms with Gasteiger partial charge in [-0.15, -0.1) is 11.3 Å². The van der Waals surface area contributed by atoms with Crippen molar-refractivity contribution in [2.45, 2.75) is 38.3 Å². The molecule has 0 saturated carbocycles. The van der Waals surface area contributed by atoms with Gasteiger partial charge in [0.25, 0.3) is 5.56 Å². The van der Waals surface area contributed by atoms with E-state index < -0.39 is 0 Å². The van der Waals surface area contributed by atoms with E-state index in [9.17, 15) is 9.59 Å². The molecule has 2 heterocycles. The number of thiophene rings is 1. The second-order valence-corrected chi connectivity index (χ2v) is 8.91. The van der Waals surface area contributed by atoms with Crippen LogP contribution in [0.25, 0.3) is 10.9 Å². The van der Waals surface area contributed by atoms with E-state index in [1.54, 1.807) is 22.0 Å². The molecule has 0 aliphatic rings. The number of carbonyl (C=O) groups is 1. The standard InChI is InChI=1S/C22H28N4O2S2/c1-25(2)18(19-11-8-14-30-19)15-23-20(27)12-4-3-7-13-26-21(28)16-9-5-6-10-17(16)24-22(26)29/h5-6,8-11,14,18H,3-4,7,12-13,15H2,1-2H3,(H,23,27)(H,24,29). The van der Waals surface area contributed by atoms with Gasteiger partial charge in [0.1, 0.15) is 0 Å². The molecule has 0 fully saturated rings. The van der Waals surface area contributed by atoms with Gasteiger partial charge >= 0.3 is 0 Å². The third-order valence-electron chi connectivity index (χ3n) is 5.16. The number of hydrogen-bond acceptors (Lipinski definition) is 5. The molecule has 3 aromatic rings. The second-order valence-electron chi connectivity index (χ2n) is 7.54. The van der Waals surface area contributed by atoms with Gasteiger partial charge in [-0.2, -0.15) is 0 Å². The van der Waals surface area contributed by atoms with Gasteiger partial charge < -0.3 is 15.2 Å². The molecule has 2 aromatic heterocycles. The SMILES string of the molecule is CN(C)C(CNC(=O)CCCCCn1c(=S)[nH]c2ccccc2c1=O)c1cccs1. The van der Waals surface area contributed by atoms with Gasteiger partial charge in [0.2, 0.25) is 5.91 Å². The average molecular weight is 445 g/mol. The maximum atomic E-state index is 12.6. The van der Waals surface area contributed by atoms with E-state index in [4.69, 9.17) is 12.2 Å². The molecule has 0 saturated heterocycles. The first-order valence-corrected chi connectivity index (χ1v) is 11.4. The lowest BCUT2D eigenvalue weighted by molar-refractivity contribution is -0.121. The summed E-state index contributed by atoms with van der Waals surface area (Å²) in [5, 5.41) is 5.75. The Morgan fingerprint density at radius 1 is 1.20 bits per heavy atom. The molecule has 0 spiro atoms. The molecule has 1 aromatic carbocycles. The maximum absolute atomic E-state index is 12.6. The number of carbonyl (C=O) groups excluding carboxylic acids is 1. The van der Waals surface area contributed by atoms with Crippen LogP contribution in [0.3, 0.4) is 0 Å². The van der Waals surface area contributed by atoms with Gasteiger partial charge in [-0.3, -0.25) is 14.2 Å². The Bertz CT molecular complexity index is 1090. The molecule has 1 amide bonds. The van der Waals surface area contributed by atoms with Gasteiger partial charge in [0, 0.05) is 24.4 Å². The maximum Gasteiger partial charge on any atom is 0.262 e. The average Bonchev–Trinajstić information content (AvgIpc) is 3.24. The van der Waals surface area contributed by atoms with Crippen LogP contribution < -0.4 is 10.9 Å². The Balaban J connectivity index is 1.43. The van der Waals surface area contributed by atoms with Crippen molar-refractivity contribution in [3.05, 3.63) is 61.8 Å². The number of H-pyrrole nitrogens is 1. The van der Waals surface area contributed by atoms with Crippen LogP contribution in [-0.2, 0) is 11.3 Å². The molecule has 160 valence electrons. The van der Waals surface area contributed by atoms with Crippen molar-refractivity contribution in [2.75, 3.05) is 20.6 Å². The fraction of sp³-hybridized carbons (Fsp3) is 0.409. The first kappa shape index (κ1) is 22.4. The monoisotopic (exact) mass is 444 g/mol. The molecule has 3 rings (SSSR count). The highest BCUT2D eigenvalue weighted by molar-refractivity contribution is 7.71. The Morgan fingerprint density at radius 3 is 2.73 bits per heavy atom. The summed E-state index contributed by atoms with van der Waals surface area (Å²) >= 11 is 7.04. The molecule has 1 atom stereocenters. The number of aromatic nitrogens is 2. The number of amides is 1. The van der Waals surface area contributed by atoms with Crippen molar-refractivity contribution in [1.29, 1.82) is 0 Å². The summed E-state index contributed by atoms with van der Waals surface area (Å²) in [5.74, 6) is 0.0681. The lowest BCUT2D eigenvalue weighted by Crippen LogP contribution is -2.34. The Morgan fingerprint density at radius 2 is 2.00 bits per heavy atom. The summed E-state index contributed by atoms with van der Waals surface area (Å²) in [6.45, 7) is 1.16. The van der Waals surface area contributed by atoms with Crippen LogP contribution in [-0.4, -0.2) is 41.0 Å². The number of aromatic amines is 1. The van der Waals surface area contributed by atoms with Crippen molar-refractivity contribution >= 4 is 40.4 Å². The van der Waals surface area contributed by atoms with Crippen molar-refractivity contribution in [3.63, 3.8) is 0 Å². The highest BCUT2D eigenvalue weighted by atomic mass is 32.1. The summed E-state index contributed by atoms with van der Waals surface area (Å²) in [4.78, 5) is 31.3. The number of fused-ring (bicyclic) bond motifs is 1. The van der Waals surface area contributed by atoms with Crippen molar-refractivity contribution in [1.82, 2.24) is 19.8 Å². The minimum absolute atomic E-state index is 0.0598. The normalized spacial score (nSPS) is 12.4. The van der Waals surface area contributed by atoms with Gasteiger partial charge in [-0.05, 0) is 62.7 Å². The van der Waals surface area contributed by atoms with Gasteiger partial charge in [0.05, 0.1) is 16.9 Å². The van der Waals surface area contributed by atoms with Crippen LogP contribution in [0.15, 0.2) is 46.6 Å². The molecule has 2 N–H and O–H groups in total. The van der Waals surface area contributed by atoms with E-state index in [-0.39, 0.29) is 17.5 Å². The van der Waals surface area contributed by atoms with E-state index >= 15 is 0 Å². The summed E-state index contributed by atoms with van der Waals surface area (Å²) in [6, 6.07) is 11.7. The Labute approximate surface area is 185 Å². The number of likely N-dealkylation sites (N-methyl/N-ethyl adjacent to an activating group) is 1. The molecular formula is C22H28N4O2S2. The van der Waals surface area contributed by atoms with E-state index in [0.717, 1.165) is 24.8 Å². The highest BCUT2D eigenvalue weighted by Crippen LogP contribution is 2.22. The van der Waals surface area contributed by atoms with Gasteiger partial charge in [0.15, 0.2) is 4.77 Å². The molecule has 0 aliphatic heterocycles. The van der Waals surface area contributed by atoms with Crippen molar-refractivity contribution < 1.29 is 4.79 Å². The van der Waals surface area contributed by atoms with Crippen LogP contribution in [0.2, 0.25) is 0 Å². The summed E-state index contributed by atoms with van der Waals surface area (Å²) in [6.07, 6.45) is 2.95. The number of nitrogens with zero attached hydrogens (tertiary/aromatic N) is 2.